The van der Waals surface area contributed by atoms with Gasteiger partial charge in [0.15, 0.2) is 0 Å². The lowest BCUT2D eigenvalue weighted by atomic mass is 10.1. The van der Waals surface area contributed by atoms with Crippen LogP contribution in [0.25, 0.3) is 0 Å². The van der Waals surface area contributed by atoms with E-state index < -0.39 is 0 Å². The molecule has 1 atom stereocenters. The molecular weight excluding hydrogens is 198 g/mol. The summed E-state index contributed by atoms with van der Waals surface area (Å²) in [5.41, 5.74) is 0. The highest BCUT2D eigenvalue weighted by molar-refractivity contribution is 4.74. The summed E-state index contributed by atoms with van der Waals surface area (Å²) < 4.78 is 0. The molecule has 0 aromatic rings. The molecule has 1 fully saturated rings. The first kappa shape index (κ1) is 15.9. The molecule has 1 aliphatic heterocycles. The minimum absolute atomic E-state index is 0.742. The molecule has 0 spiro atoms. The first-order valence-corrected chi connectivity index (χ1v) is 6.67. The number of piperazine rings is 1. The summed E-state index contributed by atoms with van der Waals surface area (Å²) in [7, 11) is 6.51. The molecule has 1 aliphatic rings. The van der Waals surface area contributed by atoms with Crippen LogP contribution in [0.1, 0.15) is 27.2 Å². The minimum atomic E-state index is 0.742. The molecule has 0 N–H and O–H groups in total. The van der Waals surface area contributed by atoms with Gasteiger partial charge in [0.25, 0.3) is 0 Å². The van der Waals surface area contributed by atoms with Gasteiger partial charge in [0.1, 0.15) is 0 Å². The zero-order valence-electron chi connectivity index (χ0n) is 12.2. The minimum Gasteiger partial charge on any atom is -0.309 e. The van der Waals surface area contributed by atoms with E-state index in [1.165, 1.54) is 39.1 Å². The summed E-state index contributed by atoms with van der Waals surface area (Å²) in [5.74, 6) is 0. The zero-order chi connectivity index (χ0) is 12.6. The van der Waals surface area contributed by atoms with Crippen molar-refractivity contribution in [3.05, 3.63) is 0 Å². The van der Waals surface area contributed by atoms with Crippen LogP contribution in [0.2, 0.25) is 0 Å². The SMILES string of the molecule is CC.CC(CCN(C)C)N1CCN(C)CC1. The number of hydrogen-bond donors (Lipinski definition) is 0. The Labute approximate surface area is 102 Å². The molecule has 1 unspecified atom stereocenters. The highest BCUT2D eigenvalue weighted by Gasteiger charge is 2.18. The van der Waals surface area contributed by atoms with Crippen LogP contribution in [0, 0.1) is 0 Å². The molecule has 16 heavy (non-hydrogen) atoms. The van der Waals surface area contributed by atoms with Crippen molar-refractivity contribution in [1.82, 2.24) is 14.7 Å². The Morgan fingerprint density at radius 1 is 1.06 bits per heavy atom. The summed E-state index contributed by atoms with van der Waals surface area (Å²) in [6.07, 6.45) is 1.29. The fraction of sp³-hybridized carbons (Fsp3) is 1.00. The standard InChI is InChI=1S/C11H25N3.C2H6/c1-11(5-6-12(2)3)14-9-7-13(4)8-10-14;1-2/h11H,5-10H2,1-4H3;1-2H3. The molecule has 0 saturated carbocycles. The average Bonchev–Trinajstić information content (AvgIpc) is 2.29. The van der Waals surface area contributed by atoms with Gasteiger partial charge in [-0.1, -0.05) is 13.8 Å². The predicted molar refractivity (Wildman–Crippen MR) is 73.1 cm³/mol. The molecule has 0 bridgehead atoms. The van der Waals surface area contributed by atoms with Gasteiger partial charge in [-0.25, -0.2) is 0 Å². The van der Waals surface area contributed by atoms with E-state index in [9.17, 15) is 0 Å². The molecule has 1 saturated heterocycles. The summed E-state index contributed by atoms with van der Waals surface area (Å²) in [4.78, 5) is 7.30. The summed E-state index contributed by atoms with van der Waals surface area (Å²) in [6, 6.07) is 0.742. The van der Waals surface area contributed by atoms with Crippen molar-refractivity contribution in [3.63, 3.8) is 0 Å². The molecule has 0 amide bonds. The van der Waals surface area contributed by atoms with Crippen LogP contribution in [-0.2, 0) is 0 Å². The Morgan fingerprint density at radius 3 is 2.00 bits per heavy atom. The Hall–Kier alpha value is -0.120. The third-order valence-corrected chi connectivity index (χ3v) is 3.16. The lowest BCUT2D eigenvalue weighted by molar-refractivity contribution is 0.110. The number of rotatable bonds is 4. The monoisotopic (exact) mass is 229 g/mol. The van der Waals surface area contributed by atoms with Gasteiger partial charge >= 0.3 is 0 Å². The normalized spacial score (nSPS) is 20.4. The lowest BCUT2D eigenvalue weighted by Gasteiger charge is -2.36. The van der Waals surface area contributed by atoms with Gasteiger partial charge in [0.05, 0.1) is 0 Å². The Balaban J connectivity index is 0.00000106. The smallest absolute Gasteiger partial charge is 0.0113 e. The van der Waals surface area contributed by atoms with E-state index in [1.54, 1.807) is 0 Å². The highest BCUT2D eigenvalue weighted by atomic mass is 15.3. The second kappa shape index (κ2) is 8.97. The number of nitrogens with zero attached hydrogens (tertiary/aromatic N) is 3. The maximum atomic E-state index is 2.61. The van der Waals surface area contributed by atoms with Crippen molar-refractivity contribution in [1.29, 1.82) is 0 Å². The van der Waals surface area contributed by atoms with Crippen LogP contribution in [0.3, 0.4) is 0 Å². The second-order valence-corrected chi connectivity index (χ2v) is 4.78. The van der Waals surface area contributed by atoms with Gasteiger partial charge < -0.3 is 9.80 Å². The van der Waals surface area contributed by atoms with Crippen molar-refractivity contribution in [2.75, 3.05) is 53.9 Å². The molecule has 1 heterocycles. The fourth-order valence-electron chi connectivity index (χ4n) is 1.89. The summed E-state index contributed by atoms with van der Waals surface area (Å²) >= 11 is 0. The number of likely N-dealkylation sites (N-methyl/N-ethyl adjacent to an activating group) is 1. The molecule has 0 aromatic carbocycles. The Kier molecular flexibility index (Phi) is 8.90. The van der Waals surface area contributed by atoms with Gasteiger partial charge in [-0.2, -0.15) is 0 Å². The predicted octanol–water partition coefficient (Wildman–Crippen LogP) is 1.60. The third-order valence-electron chi connectivity index (χ3n) is 3.16. The molecule has 1 rings (SSSR count). The van der Waals surface area contributed by atoms with Gasteiger partial charge in [0, 0.05) is 32.2 Å². The van der Waals surface area contributed by atoms with Crippen molar-refractivity contribution in [2.45, 2.75) is 33.2 Å². The molecule has 98 valence electrons. The maximum Gasteiger partial charge on any atom is 0.0113 e. The van der Waals surface area contributed by atoms with E-state index in [4.69, 9.17) is 0 Å². The van der Waals surface area contributed by atoms with E-state index in [0.29, 0.717) is 0 Å². The highest BCUT2D eigenvalue weighted by Crippen LogP contribution is 2.07. The van der Waals surface area contributed by atoms with Crippen molar-refractivity contribution in [3.8, 4) is 0 Å². The van der Waals surface area contributed by atoms with Gasteiger partial charge in [-0.05, 0) is 41.0 Å². The lowest BCUT2D eigenvalue weighted by Crippen LogP contribution is -2.48. The van der Waals surface area contributed by atoms with Crippen LogP contribution < -0.4 is 0 Å². The summed E-state index contributed by atoms with van der Waals surface area (Å²) in [5, 5.41) is 0. The molecule has 0 radical (unpaired) electrons. The quantitative estimate of drug-likeness (QED) is 0.725. The molecule has 3 heteroatoms. The molecule has 0 aliphatic carbocycles. The Morgan fingerprint density at radius 2 is 1.56 bits per heavy atom. The van der Waals surface area contributed by atoms with Gasteiger partial charge in [-0.3, -0.25) is 4.90 Å². The van der Waals surface area contributed by atoms with Gasteiger partial charge in [-0.15, -0.1) is 0 Å². The van der Waals surface area contributed by atoms with E-state index in [-0.39, 0.29) is 0 Å². The van der Waals surface area contributed by atoms with Crippen molar-refractivity contribution < 1.29 is 0 Å². The van der Waals surface area contributed by atoms with Crippen LogP contribution >= 0.6 is 0 Å². The fourth-order valence-corrected chi connectivity index (χ4v) is 1.89. The average molecular weight is 229 g/mol. The van der Waals surface area contributed by atoms with E-state index in [2.05, 4.69) is 42.8 Å². The van der Waals surface area contributed by atoms with Crippen LogP contribution in [0.4, 0.5) is 0 Å². The van der Waals surface area contributed by atoms with E-state index in [1.807, 2.05) is 13.8 Å². The topological polar surface area (TPSA) is 9.72 Å². The third kappa shape index (κ3) is 6.46. The van der Waals surface area contributed by atoms with Crippen LogP contribution in [0.5, 0.6) is 0 Å². The first-order chi connectivity index (χ1) is 7.59. The Bertz CT molecular complexity index is 151. The maximum absolute atomic E-state index is 2.61. The van der Waals surface area contributed by atoms with E-state index >= 15 is 0 Å². The van der Waals surface area contributed by atoms with E-state index in [0.717, 1.165) is 6.04 Å². The zero-order valence-corrected chi connectivity index (χ0v) is 12.2. The number of hydrogen-bond acceptors (Lipinski definition) is 3. The van der Waals surface area contributed by atoms with Crippen LogP contribution in [0.15, 0.2) is 0 Å². The summed E-state index contributed by atoms with van der Waals surface area (Å²) in [6.45, 7) is 12.5. The second-order valence-electron chi connectivity index (χ2n) is 4.78. The van der Waals surface area contributed by atoms with Crippen molar-refractivity contribution >= 4 is 0 Å². The van der Waals surface area contributed by atoms with Crippen LogP contribution in [-0.4, -0.2) is 74.6 Å². The molecular formula is C13H31N3. The largest absolute Gasteiger partial charge is 0.309 e. The molecule has 3 nitrogen and oxygen atoms in total. The molecule has 0 aromatic heterocycles. The van der Waals surface area contributed by atoms with Crippen molar-refractivity contribution in [2.24, 2.45) is 0 Å². The van der Waals surface area contributed by atoms with Gasteiger partial charge in [0.2, 0.25) is 0 Å². The first-order valence-electron chi connectivity index (χ1n) is 6.67.